The number of aromatic amines is 1. The summed E-state index contributed by atoms with van der Waals surface area (Å²) in [6, 6.07) is 13.9. The van der Waals surface area contributed by atoms with Crippen LogP contribution in [-0.2, 0) is 12.1 Å². The van der Waals surface area contributed by atoms with Gasteiger partial charge in [0.1, 0.15) is 6.04 Å². The molecular formula is C29H36ClN7O. The van der Waals surface area contributed by atoms with Crippen LogP contribution in [0.3, 0.4) is 0 Å². The highest BCUT2D eigenvalue weighted by atomic mass is 35.5. The van der Waals surface area contributed by atoms with Crippen molar-refractivity contribution in [2.24, 2.45) is 0 Å². The summed E-state index contributed by atoms with van der Waals surface area (Å²) in [5.74, 6) is 0.700. The van der Waals surface area contributed by atoms with Gasteiger partial charge in [-0.1, -0.05) is 48.4 Å². The first kappa shape index (κ1) is 26.5. The van der Waals surface area contributed by atoms with Crippen LogP contribution in [0.1, 0.15) is 61.3 Å². The molecule has 0 aliphatic carbocycles. The van der Waals surface area contributed by atoms with E-state index in [1.54, 1.807) is 0 Å². The number of H-pyrrole nitrogens is 1. The molecule has 1 N–H and O–H groups in total. The largest absolute Gasteiger partial charge is 0.321 e. The van der Waals surface area contributed by atoms with Gasteiger partial charge in [0, 0.05) is 43.3 Å². The quantitative estimate of drug-likeness (QED) is 0.366. The molecule has 200 valence electrons. The molecular weight excluding hydrogens is 498 g/mol. The Hall–Kier alpha value is -3.07. The molecule has 9 heteroatoms. The molecule has 8 nitrogen and oxygen atoms in total. The number of piperazine rings is 1. The molecule has 5 rings (SSSR count). The number of halogens is 1. The molecule has 0 amide bonds. The van der Waals surface area contributed by atoms with Gasteiger partial charge in [0.2, 0.25) is 0 Å². The lowest BCUT2D eigenvalue weighted by molar-refractivity contribution is 0.0969. The van der Waals surface area contributed by atoms with Crippen molar-refractivity contribution in [3.05, 3.63) is 85.9 Å². The van der Waals surface area contributed by atoms with Crippen LogP contribution in [0.5, 0.6) is 0 Å². The maximum absolute atomic E-state index is 13.6. The fourth-order valence-corrected chi connectivity index (χ4v) is 5.59. The van der Waals surface area contributed by atoms with E-state index in [1.165, 1.54) is 0 Å². The van der Waals surface area contributed by atoms with E-state index >= 15 is 0 Å². The number of rotatable bonds is 7. The van der Waals surface area contributed by atoms with Crippen LogP contribution in [0.15, 0.2) is 47.3 Å². The van der Waals surface area contributed by atoms with Gasteiger partial charge in [-0.15, -0.1) is 5.10 Å². The van der Waals surface area contributed by atoms with E-state index in [-0.39, 0.29) is 17.1 Å². The zero-order valence-corrected chi connectivity index (χ0v) is 23.6. The Morgan fingerprint density at radius 2 is 1.82 bits per heavy atom. The summed E-state index contributed by atoms with van der Waals surface area (Å²) in [5.41, 5.74) is 4.51. The number of hydrogen-bond acceptors (Lipinski definition) is 6. The third kappa shape index (κ3) is 5.13. The third-order valence-electron chi connectivity index (χ3n) is 7.92. The van der Waals surface area contributed by atoms with E-state index < -0.39 is 0 Å². The van der Waals surface area contributed by atoms with Crippen molar-refractivity contribution >= 4 is 22.5 Å². The summed E-state index contributed by atoms with van der Waals surface area (Å²) < 4.78 is 1.90. The second kappa shape index (κ2) is 10.6. The van der Waals surface area contributed by atoms with E-state index in [4.69, 9.17) is 11.6 Å². The number of aromatic nitrogens is 5. The van der Waals surface area contributed by atoms with Crippen molar-refractivity contribution in [3.63, 3.8) is 0 Å². The highest BCUT2D eigenvalue weighted by molar-refractivity contribution is 6.31. The lowest BCUT2D eigenvalue weighted by atomic mass is 9.98. The maximum Gasteiger partial charge on any atom is 0.253 e. The predicted molar refractivity (Wildman–Crippen MR) is 152 cm³/mol. The molecule has 2 aromatic heterocycles. The standard InChI is InChI=1S/C29H36ClN7O/c1-6-29(4,5)37-27(32-33-34-37)26(23-17-22-16-19(2)15-20(3)25(22)31-28(23)38)36-13-11-35(12-14-36)18-21-9-7-8-10-24(21)30/h7-10,15-17,26H,6,11-14,18H2,1-5H3,(H,31,38). The van der Waals surface area contributed by atoms with Crippen molar-refractivity contribution in [1.82, 2.24) is 35.0 Å². The predicted octanol–water partition coefficient (Wildman–Crippen LogP) is 4.84. The minimum atomic E-state index is -0.368. The number of hydrogen-bond donors (Lipinski definition) is 1. The van der Waals surface area contributed by atoms with Gasteiger partial charge >= 0.3 is 0 Å². The highest BCUT2D eigenvalue weighted by Crippen LogP contribution is 2.32. The Kier molecular flexibility index (Phi) is 7.40. The van der Waals surface area contributed by atoms with Gasteiger partial charge in [-0.2, -0.15) is 0 Å². The first-order valence-electron chi connectivity index (χ1n) is 13.3. The van der Waals surface area contributed by atoms with Crippen LogP contribution >= 0.6 is 11.6 Å². The first-order valence-corrected chi connectivity index (χ1v) is 13.7. The molecule has 1 fully saturated rings. The molecule has 1 aliphatic rings. The van der Waals surface area contributed by atoms with Gasteiger partial charge in [0.25, 0.3) is 5.56 Å². The molecule has 1 unspecified atom stereocenters. The Balaban J connectivity index is 1.53. The minimum absolute atomic E-state index is 0.100. The molecule has 1 atom stereocenters. The molecule has 38 heavy (non-hydrogen) atoms. The second-order valence-corrected chi connectivity index (χ2v) is 11.4. The number of nitrogens with zero attached hydrogens (tertiary/aromatic N) is 6. The van der Waals surface area contributed by atoms with E-state index in [9.17, 15) is 4.79 Å². The van der Waals surface area contributed by atoms with Crippen molar-refractivity contribution in [2.45, 2.75) is 59.2 Å². The Bertz CT molecular complexity index is 1500. The number of tetrazole rings is 1. The van der Waals surface area contributed by atoms with Crippen LogP contribution in [0.25, 0.3) is 10.9 Å². The lowest BCUT2D eigenvalue weighted by Crippen LogP contribution is -2.49. The zero-order valence-electron chi connectivity index (χ0n) is 22.8. The molecule has 0 bridgehead atoms. The van der Waals surface area contributed by atoms with E-state index in [0.717, 1.165) is 71.8 Å². The third-order valence-corrected chi connectivity index (χ3v) is 8.29. The van der Waals surface area contributed by atoms with Crippen LogP contribution in [-0.4, -0.2) is 61.2 Å². The summed E-state index contributed by atoms with van der Waals surface area (Å²) in [6.45, 7) is 14.6. The fourth-order valence-electron chi connectivity index (χ4n) is 5.40. The van der Waals surface area contributed by atoms with Gasteiger partial charge in [-0.05, 0) is 79.3 Å². The van der Waals surface area contributed by atoms with Crippen molar-refractivity contribution in [3.8, 4) is 0 Å². The number of aryl methyl sites for hydroxylation is 2. The summed E-state index contributed by atoms with van der Waals surface area (Å²) >= 11 is 6.43. The Morgan fingerprint density at radius 1 is 1.08 bits per heavy atom. The maximum atomic E-state index is 13.6. The number of nitrogens with one attached hydrogen (secondary N) is 1. The van der Waals surface area contributed by atoms with Gasteiger partial charge in [0.15, 0.2) is 5.82 Å². The smallest absolute Gasteiger partial charge is 0.253 e. The number of fused-ring (bicyclic) bond motifs is 1. The SMILES string of the molecule is CCC(C)(C)n1nnnc1C(c1cc2cc(C)cc(C)c2[nH]c1=O)N1CCN(Cc2ccccc2Cl)CC1. The summed E-state index contributed by atoms with van der Waals surface area (Å²) in [7, 11) is 0. The molecule has 0 spiro atoms. The molecule has 2 aromatic carbocycles. The molecule has 1 aliphatic heterocycles. The average molecular weight is 534 g/mol. The average Bonchev–Trinajstić information content (AvgIpc) is 3.38. The number of pyridine rings is 1. The highest BCUT2D eigenvalue weighted by Gasteiger charge is 2.35. The first-order chi connectivity index (χ1) is 18.2. The molecule has 3 heterocycles. The topological polar surface area (TPSA) is 82.9 Å². The van der Waals surface area contributed by atoms with Crippen molar-refractivity contribution in [1.29, 1.82) is 0 Å². The monoisotopic (exact) mass is 533 g/mol. The normalized spacial score (nSPS) is 16.3. The van der Waals surface area contributed by atoms with Crippen LogP contribution in [0, 0.1) is 13.8 Å². The summed E-state index contributed by atoms with van der Waals surface area (Å²) in [5, 5.41) is 14.8. The van der Waals surface area contributed by atoms with Crippen LogP contribution in [0.4, 0.5) is 0 Å². The van der Waals surface area contributed by atoms with Crippen molar-refractivity contribution in [2.75, 3.05) is 26.2 Å². The zero-order chi connectivity index (χ0) is 27.0. The minimum Gasteiger partial charge on any atom is -0.321 e. The van der Waals surface area contributed by atoms with Crippen LogP contribution in [0.2, 0.25) is 5.02 Å². The Morgan fingerprint density at radius 3 is 2.53 bits per heavy atom. The van der Waals surface area contributed by atoms with Gasteiger partial charge in [-0.3, -0.25) is 14.6 Å². The van der Waals surface area contributed by atoms with E-state index in [2.05, 4.69) is 76.2 Å². The Labute approximate surface area is 228 Å². The fraction of sp³-hybridized carbons (Fsp3) is 0.448. The summed E-state index contributed by atoms with van der Waals surface area (Å²) in [6.07, 6.45) is 0.857. The second-order valence-electron chi connectivity index (χ2n) is 11.0. The summed E-state index contributed by atoms with van der Waals surface area (Å²) in [4.78, 5) is 21.6. The lowest BCUT2D eigenvalue weighted by Gasteiger charge is -2.39. The van der Waals surface area contributed by atoms with E-state index in [1.807, 2.05) is 35.9 Å². The van der Waals surface area contributed by atoms with Gasteiger partial charge < -0.3 is 4.98 Å². The molecule has 0 saturated carbocycles. The molecule has 0 radical (unpaired) electrons. The van der Waals surface area contributed by atoms with E-state index in [0.29, 0.717) is 11.4 Å². The van der Waals surface area contributed by atoms with Crippen LogP contribution < -0.4 is 5.56 Å². The molecule has 1 saturated heterocycles. The van der Waals surface area contributed by atoms with Gasteiger partial charge in [0.05, 0.1) is 11.1 Å². The number of benzene rings is 2. The van der Waals surface area contributed by atoms with Crippen molar-refractivity contribution < 1.29 is 0 Å². The van der Waals surface area contributed by atoms with Gasteiger partial charge in [-0.25, -0.2) is 4.68 Å². The molecule has 4 aromatic rings.